The van der Waals surface area contributed by atoms with Gasteiger partial charge in [0, 0.05) is 24.2 Å². The average molecular weight is 479 g/mol. The van der Waals surface area contributed by atoms with E-state index in [4.69, 9.17) is 4.74 Å². The van der Waals surface area contributed by atoms with Gasteiger partial charge in [-0.25, -0.2) is 0 Å². The molecular weight excluding hydrogens is 440 g/mol. The zero-order chi connectivity index (χ0) is 25.9. The van der Waals surface area contributed by atoms with Crippen molar-refractivity contribution in [2.45, 2.75) is 53.0 Å². The highest BCUT2D eigenvalue weighted by molar-refractivity contribution is 6.46. The first-order valence-corrected chi connectivity index (χ1v) is 12.3. The second-order valence-electron chi connectivity index (χ2n) is 10.0. The Morgan fingerprint density at radius 3 is 2.31 bits per heavy atom. The molecule has 2 aromatic rings. The number of carbonyl (C=O) groups excluding carboxylic acids is 2. The fraction of sp³-hybridized carbons (Fsp3) is 0.448. The van der Waals surface area contributed by atoms with Crippen LogP contribution in [0.25, 0.3) is 5.76 Å². The molecule has 1 aliphatic heterocycles. The zero-order valence-electron chi connectivity index (χ0n) is 22.0. The first kappa shape index (κ1) is 26.5. The predicted molar refractivity (Wildman–Crippen MR) is 140 cm³/mol. The number of ketones is 1. The second-order valence-corrected chi connectivity index (χ2v) is 10.0. The van der Waals surface area contributed by atoms with Crippen LogP contribution in [-0.4, -0.2) is 59.9 Å². The molecule has 1 amide bonds. The Morgan fingerprint density at radius 1 is 1.09 bits per heavy atom. The molecule has 1 fully saturated rings. The molecule has 1 saturated heterocycles. The number of hydrogen-bond donors (Lipinski definition) is 1. The van der Waals surface area contributed by atoms with Crippen LogP contribution < -0.4 is 4.74 Å². The Bertz CT molecular complexity index is 1130. The van der Waals surface area contributed by atoms with Gasteiger partial charge in [-0.1, -0.05) is 58.9 Å². The number of ether oxygens (including phenoxy) is 1. The summed E-state index contributed by atoms with van der Waals surface area (Å²) in [4.78, 5) is 30.5. The van der Waals surface area contributed by atoms with Crippen molar-refractivity contribution in [3.05, 3.63) is 70.3 Å². The van der Waals surface area contributed by atoms with Gasteiger partial charge in [-0.15, -0.1) is 0 Å². The van der Waals surface area contributed by atoms with Gasteiger partial charge in [0.25, 0.3) is 11.7 Å². The Hall–Kier alpha value is -3.12. The highest BCUT2D eigenvalue weighted by Crippen LogP contribution is 2.41. The Kier molecular flexibility index (Phi) is 8.06. The molecule has 35 heavy (non-hydrogen) atoms. The van der Waals surface area contributed by atoms with E-state index >= 15 is 0 Å². The molecule has 0 aromatic heterocycles. The summed E-state index contributed by atoms with van der Waals surface area (Å²) in [6.45, 7) is 15.1. The van der Waals surface area contributed by atoms with Crippen molar-refractivity contribution in [3.8, 4) is 5.75 Å². The van der Waals surface area contributed by atoms with E-state index in [2.05, 4.69) is 39.5 Å². The standard InChI is InChI=1S/C29H38N2O4/c1-8-30(9-2)16-17-31-25(21-13-11-10-12-19(21)3)24(27(33)28(31)34)26(32)20-14-15-23(35-7)22(18-20)29(4,5)6/h10-15,18,25,32H,8-9,16-17H2,1-7H3/b26-24+. The van der Waals surface area contributed by atoms with Crippen LogP contribution in [0.1, 0.15) is 62.9 Å². The third-order valence-electron chi connectivity index (χ3n) is 6.86. The van der Waals surface area contributed by atoms with E-state index in [1.807, 2.05) is 37.3 Å². The number of amides is 1. The molecule has 0 radical (unpaired) electrons. The van der Waals surface area contributed by atoms with E-state index in [1.54, 1.807) is 24.1 Å². The largest absolute Gasteiger partial charge is 0.507 e. The Morgan fingerprint density at radius 2 is 1.74 bits per heavy atom. The maximum atomic E-state index is 13.4. The number of likely N-dealkylation sites (tertiary alicyclic amines) is 1. The minimum atomic E-state index is -0.650. The van der Waals surface area contributed by atoms with Crippen LogP contribution in [0.4, 0.5) is 0 Å². The summed E-state index contributed by atoms with van der Waals surface area (Å²) in [7, 11) is 1.61. The van der Waals surface area contributed by atoms with Gasteiger partial charge < -0.3 is 19.6 Å². The van der Waals surface area contributed by atoms with Crippen molar-refractivity contribution in [1.82, 2.24) is 9.80 Å². The third kappa shape index (κ3) is 5.27. The maximum Gasteiger partial charge on any atom is 0.295 e. The normalized spacial score (nSPS) is 17.9. The lowest BCUT2D eigenvalue weighted by Crippen LogP contribution is -2.38. The summed E-state index contributed by atoms with van der Waals surface area (Å²) in [6, 6.07) is 12.5. The number of Topliss-reactive ketones (excluding diaryl/α,β-unsaturated/α-hetero) is 1. The first-order chi connectivity index (χ1) is 16.5. The van der Waals surface area contributed by atoms with Gasteiger partial charge >= 0.3 is 0 Å². The molecule has 2 aromatic carbocycles. The van der Waals surface area contributed by atoms with Crippen LogP contribution in [0.3, 0.4) is 0 Å². The first-order valence-electron chi connectivity index (χ1n) is 12.3. The molecule has 1 atom stereocenters. The zero-order valence-corrected chi connectivity index (χ0v) is 22.0. The maximum absolute atomic E-state index is 13.4. The van der Waals surface area contributed by atoms with Crippen LogP contribution in [0.15, 0.2) is 48.0 Å². The summed E-state index contributed by atoms with van der Waals surface area (Å²) < 4.78 is 5.54. The lowest BCUT2D eigenvalue weighted by Gasteiger charge is -2.29. The van der Waals surface area contributed by atoms with E-state index in [1.165, 1.54) is 0 Å². The number of likely N-dealkylation sites (N-methyl/N-ethyl adjacent to an activating group) is 1. The topological polar surface area (TPSA) is 70.1 Å². The molecule has 6 nitrogen and oxygen atoms in total. The molecule has 0 saturated carbocycles. The number of methoxy groups -OCH3 is 1. The van der Waals surface area contributed by atoms with Crippen LogP contribution in [0.2, 0.25) is 0 Å². The summed E-state index contributed by atoms with van der Waals surface area (Å²) >= 11 is 0. The summed E-state index contributed by atoms with van der Waals surface area (Å²) in [5.41, 5.74) is 3.10. The lowest BCUT2D eigenvalue weighted by atomic mass is 9.84. The molecule has 1 unspecified atom stereocenters. The number of rotatable bonds is 8. The van der Waals surface area contributed by atoms with E-state index < -0.39 is 17.7 Å². The molecule has 0 spiro atoms. The highest BCUT2D eigenvalue weighted by atomic mass is 16.5. The van der Waals surface area contributed by atoms with Crippen molar-refractivity contribution in [3.63, 3.8) is 0 Å². The SMILES string of the molecule is CCN(CC)CCN1C(=O)C(=O)/C(=C(/O)c2ccc(OC)c(C(C)(C)C)c2)C1c1ccccc1C. The summed E-state index contributed by atoms with van der Waals surface area (Å²) in [5, 5.41) is 11.5. The average Bonchev–Trinajstić information content (AvgIpc) is 3.08. The minimum Gasteiger partial charge on any atom is -0.507 e. The smallest absolute Gasteiger partial charge is 0.295 e. The number of aliphatic hydroxyl groups excluding tert-OH is 1. The van der Waals surface area contributed by atoms with Gasteiger partial charge in [0.05, 0.1) is 18.7 Å². The molecule has 3 rings (SSSR count). The Balaban J connectivity index is 2.19. The quantitative estimate of drug-likeness (QED) is 0.326. The summed E-state index contributed by atoms with van der Waals surface area (Å²) in [6.07, 6.45) is 0. The second kappa shape index (κ2) is 10.6. The number of carbonyl (C=O) groups is 2. The fourth-order valence-corrected chi connectivity index (χ4v) is 4.71. The monoisotopic (exact) mass is 478 g/mol. The van der Waals surface area contributed by atoms with E-state index in [-0.39, 0.29) is 16.7 Å². The molecule has 1 heterocycles. The lowest BCUT2D eigenvalue weighted by molar-refractivity contribution is -0.140. The van der Waals surface area contributed by atoms with Crippen molar-refractivity contribution in [2.24, 2.45) is 0 Å². The predicted octanol–water partition coefficient (Wildman–Crippen LogP) is 5.06. The van der Waals surface area contributed by atoms with Crippen molar-refractivity contribution in [1.29, 1.82) is 0 Å². The molecule has 0 aliphatic carbocycles. The van der Waals surface area contributed by atoms with E-state index in [0.29, 0.717) is 24.4 Å². The van der Waals surface area contributed by atoms with E-state index in [0.717, 1.165) is 29.8 Å². The minimum absolute atomic E-state index is 0.133. The molecule has 0 bridgehead atoms. The Labute approximate surface area is 209 Å². The van der Waals surface area contributed by atoms with Crippen molar-refractivity contribution in [2.75, 3.05) is 33.3 Å². The third-order valence-corrected chi connectivity index (χ3v) is 6.86. The van der Waals surface area contributed by atoms with Crippen molar-refractivity contribution < 1.29 is 19.4 Å². The molecule has 1 N–H and O–H groups in total. The van der Waals surface area contributed by atoms with E-state index in [9.17, 15) is 14.7 Å². The number of benzene rings is 2. The number of aryl methyl sites for hydroxylation is 1. The van der Waals surface area contributed by atoms with Gasteiger partial charge in [0.15, 0.2) is 0 Å². The molecule has 188 valence electrons. The van der Waals surface area contributed by atoms with Gasteiger partial charge in [-0.05, 0) is 54.8 Å². The number of hydrogen-bond acceptors (Lipinski definition) is 5. The van der Waals surface area contributed by atoms with Gasteiger partial charge in [0.1, 0.15) is 11.5 Å². The van der Waals surface area contributed by atoms with Crippen LogP contribution >= 0.6 is 0 Å². The number of nitrogens with zero attached hydrogens (tertiary/aromatic N) is 2. The summed E-state index contributed by atoms with van der Waals surface area (Å²) in [5.74, 6) is -0.667. The van der Waals surface area contributed by atoms with Crippen LogP contribution in [0, 0.1) is 6.92 Å². The highest BCUT2D eigenvalue weighted by Gasteiger charge is 2.46. The van der Waals surface area contributed by atoms with Gasteiger partial charge in [-0.2, -0.15) is 0 Å². The van der Waals surface area contributed by atoms with Crippen LogP contribution in [0.5, 0.6) is 5.75 Å². The van der Waals surface area contributed by atoms with Crippen LogP contribution in [-0.2, 0) is 15.0 Å². The van der Waals surface area contributed by atoms with Crippen molar-refractivity contribution >= 4 is 17.4 Å². The van der Waals surface area contributed by atoms with Gasteiger partial charge in [-0.3, -0.25) is 9.59 Å². The molecule has 1 aliphatic rings. The molecule has 6 heteroatoms. The fourth-order valence-electron chi connectivity index (χ4n) is 4.71. The van der Waals surface area contributed by atoms with Gasteiger partial charge in [0.2, 0.25) is 0 Å². The number of aliphatic hydroxyl groups is 1. The molecular formula is C29H38N2O4.